The first kappa shape index (κ1) is 9.60. The maximum absolute atomic E-state index is 5.75. The number of para-hydroxylation sites is 2. The SMILES string of the molecule is CN1CCC=C(c2nc3ccccc3o2)C1. The number of aromatic nitrogens is 1. The molecule has 0 fully saturated rings. The molecule has 0 amide bonds. The molecule has 3 rings (SSSR count). The Balaban J connectivity index is 2.02. The largest absolute Gasteiger partial charge is 0.436 e. The molecule has 0 aliphatic carbocycles. The van der Waals surface area contributed by atoms with Crippen LogP contribution in [0.15, 0.2) is 34.8 Å². The fourth-order valence-electron chi connectivity index (χ4n) is 2.06. The van der Waals surface area contributed by atoms with Crippen LogP contribution in [0.1, 0.15) is 12.3 Å². The number of likely N-dealkylation sites (N-methyl/N-ethyl adjacent to an activating group) is 1. The van der Waals surface area contributed by atoms with Gasteiger partial charge < -0.3 is 9.32 Å². The van der Waals surface area contributed by atoms with Crippen LogP contribution < -0.4 is 0 Å². The summed E-state index contributed by atoms with van der Waals surface area (Å²) in [5.74, 6) is 0.771. The van der Waals surface area contributed by atoms with E-state index in [1.807, 2.05) is 24.3 Å². The number of nitrogens with zero attached hydrogens (tertiary/aromatic N) is 2. The van der Waals surface area contributed by atoms with E-state index in [-0.39, 0.29) is 0 Å². The monoisotopic (exact) mass is 214 g/mol. The minimum Gasteiger partial charge on any atom is -0.436 e. The zero-order valence-corrected chi connectivity index (χ0v) is 9.31. The van der Waals surface area contributed by atoms with Crippen LogP contribution in [0.5, 0.6) is 0 Å². The van der Waals surface area contributed by atoms with Crippen molar-refractivity contribution < 1.29 is 4.42 Å². The Bertz CT molecular complexity index is 509. The van der Waals surface area contributed by atoms with Crippen molar-refractivity contribution in [3.8, 4) is 0 Å². The Morgan fingerprint density at radius 2 is 2.19 bits per heavy atom. The molecule has 2 heterocycles. The van der Waals surface area contributed by atoms with E-state index < -0.39 is 0 Å². The van der Waals surface area contributed by atoms with E-state index in [1.54, 1.807) is 0 Å². The number of rotatable bonds is 1. The van der Waals surface area contributed by atoms with Gasteiger partial charge in [-0.3, -0.25) is 0 Å². The fraction of sp³-hybridized carbons (Fsp3) is 0.308. The highest BCUT2D eigenvalue weighted by molar-refractivity contribution is 5.76. The normalized spacial score (nSPS) is 17.7. The predicted molar refractivity (Wildman–Crippen MR) is 64.1 cm³/mol. The molecule has 0 radical (unpaired) electrons. The van der Waals surface area contributed by atoms with Crippen molar-refractivity contribution in [2.45, 2.75) is 6.42 Å². The number of hydrogen-bond donors (Lipinski definition) is 0. The average molecular weight is 214 g/mol. The third kappa shape index (κ3) is 1.63. The Morgan fingerprint density at radius 1 is 1.31 bits per heavy atom. The molecule has 16 heavy (non-hydrogen) atoms. The van der Waals surface area contributed by atoms with E-state index in [9.17, 15) is 0 Å². The second kappa shape index (κ2) is 3.76. The lowest BCUT2D eigenvalue weighted by Crippen LogP contribution is -2.24. The van der Waals surface area contributed by atoms with Gasteiger partial charge >= 0.3 is 0 Å². The first-order valence-corrected chi connectivity index (χ1v) is 5.56. The van der Waals surface area contributed by atoms with E-state index in [1.165, 1.54) is 5.57 Å². The summed E-state index contributed by atoms with van der Waals surface area (Å²) in [6.07, 6.45) is 3.30. The Morgan fingerprint density at radius 3 is 3.00 bits per heavy atom. The van der Waals surface area contributed by atoms with Gasteiger partial charge in [0.15, 0.2) is 5.58 Å². The van der Waals surface area contributed by atoms with Gasteiger partial charge in [0.1, 0.15) is 5.52 Å². The standard InChI is InChI=1S/C13H14N2O/c1-15-8-4-5-10(9-15)13-14-11-6-2-3-7-12(11)16-13/h2-3,5-7H,4,8-9H2,1H3. The lowest BCUT2D eigenvalue weighted by molar-refractivity contribution is 0.368. The van der Waals surface area contributed by atoms with E-state index >= 15 is 0 Å². The van der Waals surface area contributed by atoms with Crippen LogP contribution >= 0.6 is 0 Å². The second-order valence-corrected chi connectivity index (χ2v) is 4.24. The van der Waals surface area contributed by atoms with Crippen molar-refractivity contribution in [2.24, 2.45) is 0 Å². The fourth-order valence-corrected chi connectivity index (χ4v) is 2.06. The zero-order chi connectivity index (χ0) is 11.0. The third-order valence-corrected chi connectivity index (χ3v) is 2.91. The molecule has 82 valence electrons. The van der Waals surface area contributed by atoms with Crippen LogP contribution in [0.3, 0.4) is 0 Å². The summed E-state index contributed by atoms with van der Waals surface area (Å²) in [5, 5.41) is 0. The summed E-state index contributed by atoms with van der Waals surface area (Å²) in [5.41, 5.74) is 3.00. The van der Waals surface area contributed by atoms with Gasteiger partial charge in [0.25, 0.3) is 0 Å². The summed E-state index contributed by atoms with van der Waals surface area (Å²) < 4.78 is 5.75. The second-order valence-electron chi connectivity index (χ2n) is 4.24. The zero-order valence-electron chi connectivity index (χ0n) is 9.31. The van der Waals surface area contributed by atoms with Crippen LogP contribution in [0.2, 0.25) is 0 Å². The molecule has 1 aromatic carbocycles. The molecule has 0 saturated carbocycles. The first-order chi connectivity index (χ1) is 7.83. The molecule has 0 spiro atoms. The van der Waals surface area contributed by atoms with Crippen molar-refractivity contribution >= 4 is 16.7 Å². The summed E-state index contributed by atoms with van der Waals surface area (Å²) in [6.45, 7) is 2.04. The number of oxazole rings is 1. The van der Waals surface area contributed by atoms with Crippen LogP contribution in [0, 0.1) is 0 Å². The molecule has 1 aromatic heterocycles. The van der Waals surface area contributed by atoms with Gasteiger partial charge in [-0.15, -0.1) is 0 Å². The Kier molecular flexibility index (Phi) is 2.26. The number of hydrogen-bond acceptors (Lipinski definition) is 3. The summed E-state index contributed by atoms with van der Waals surface area (Å²) in [6, 6.07) is 7.89. The van der Waals surface area contributed by atoms with Crippen LogP contribution in [-0.2, 0) is 0 Å². The smallest absolute Gasteiger partial charge is 0.224 e. The number of benzene rings is 1. The van der Waals surface area contributed by atoms with Crippen molar-refractivity contribution in [2.75, 3.05) is 20.1 Å². The Labute approximate surface area is 94.4 Å². The molecule has 0 atom stereocenters. The summed E-state index contributed by atoms with van der Waals surface area (Å²) in [4.78, 5) is 6.79. The predicted octanol–water partition coefficient (Wildman–Crippen LogP) is 2.55. The van der Waals surface area contributed by atoms with Gasteiger partial charge in [-0.1, -0.05) is 18.2 Å². The molecule has 0 saturated heterocycles. The van der Waals surface area contributed by atoms with Gasteiger partial charge in [-0.05, 0) is 25.6 Å². The van der Waals surface area contributed by atoms with E-state index in [2.05, 4.69) is 23.0 Å². The first-order valence-electron chi connectivity index (χ1n) is 5.56. The van der Waals surface area contributed by atoms with Crippen molar-refractivity contribution in [1.82, 2.24) is 9.88 Å². The molecule has 3 heteroatoms. The highest BCUT2D eigenvalue weighted by Gasteiger charge is 2.15. The van der Waals surface area contributed by atoms with E-state index in [0.29, 0.717) is 0 Å². The summed E-state index contributed by atoms with van der Waals surface area (Å²) in [7, 11) is 2.12. The van der Waals surface area contributed by atoms with Crippen molar-refractivity contribution in [1.29, 1.82) is 0 Å². The molecular formula is C13H14N2O. The lowest BCUT2D eigenvalue weighted by Gasteiger charge is -2.20. The number of fused-ring (bicyclic) bond motifs is 1. The maximum Gasteiger partial charge on any atom is 0.224 e. The van der Waals surface area contributed by atoms with Crippen LogP contribution in [-0.4, -0.2) is 30.0 Å². The minimum atomic E-state index is 0.771. The molecule has 3 nitrogen and oxygen atoms in total. The average Bonchev–Trinajstić information content (AvgIpc) is 2.72. The maximum atomic E-state index is 5.75. The van der Waals surface area contributed by atoms with Crippen molar-refractivity contribution in [3.63, 3.8) is 0 Å². The van der Waals surface area contributed by atoms with E-state index in [0.717, 1.165) is 36.5 Å². The summed E-state index contributed by atoms with van der Waals surface area (Å²) >= 11 is 0. The van der Waals surface area contributed by atoms with Gasteiger partial charge in [-0.2, -0.15) is 0 Å². The molecular weight excluding hydrogens is 200 g/mol. The molecule has 1 aliphatic heterocycles. The van der Waals surface area contributed by atoms with Crippen molar-refractivity contribution in [3.05, 3.63) is 36.2 Å². The molecule has 0 unspecified atom stereocenters. The molecule has 2 aromatic rings. The van der Waals surface area contributed by atoms with Crippen LogP contribution in [0.25, 0.3) is 16.7 Å². The molecule has 1 aliphatic rings. The van der Waals surface area contributed by atoms with Gasteiger partial charge in [0.05, 0.1) is 0 Å². The highest BCUT2D eigenvalue weighted by atomic mass is 16.3. The minimum absolute atomic E-state index is 0.771. The van der Waals surface area contributed by atoms with Gasteiger partial charge in [-0.25, -0.2) is 4.98 Å². The van der Waals surface area contributed by atoms with Crippen LogP contribution in [0.4, 0.5) is 0 Å². The van der Waals surface area contributed by atoms with Gasteiger partial charge in [0, 0.05) is 18.7 Å². The third-order valence-electron chi connectivity index (χ3n) is 2.91. The quantitative estimate of drug-likeness (QED) is 0.730. The molecule has 0 bridgehead atoms. The molecule has 0 N–H and O–H groups in total. The Hall–Kier alpha value is -1.61. The highest BCUT2D eigenvalue weighted by Crippen LogP contribution is 2.23. The van der Waals surface area contributed by atoms with Gasteiger partial charge in [0.2, 0.25) is 5.89 Å². The topological polar surface area (TPSA) is 29.3 Å². The van der Waals surface area contributed by atoms with E-state index in [4.69, 9.17) is 4.42 Å². The lowest BCUT2D eigenvalue weighted by atomic mass is 10.1.